The summed E-state index contributed by atoms with van der Waals surface area (Å²) in [6, 6.07) is 0. The molecule has 1 amide bonds. The molecule has 0 radical (unpaired) electrons. The first kappa shape index (κ1) is 18.9. The molecule has 1 unspecified atom stereocenters. The second-order valence-corrected chi connectivity index (χ2v) is 8.39. The molecule has 0 bridgehead atoms. The molecule has 3 heterocycles. The quantitative estimate of drug-likeness (QED) is 0.735. The highest BCUT2D eigenvalue weighted by Crippen LogP contribution is 2.31. The fourth-order valence-corrected chi connectivity index (χ4v) is 4.48. The van der Waals surface area contributed by atoms with E-state index in [9.17, 15) is 4.79 Å². The summed E-state index contributed by atoms with van der Waals surface area (Å²) in [5.74, 6) is 2.65. The molecule has 0 spiro atoms. The highest BCUT2D eigenvalue weighted by atomic mass is 16.5. The minimum Gasteiger partial charge on any atom is -0.376 e. The van der Waals surface area contributed by atoms with Crippen LogP contribution in [-0.2, 0) is 20.8 Å². The van der Waals surface area contributed by atoms with Crippen molar-refractivity contribution in [2.24, 2.45) is 5.92 Å². The van der Waals surface area contributed by atoms with Gasteiger partial charge in [0.1, 0.15) is 12.4 Å². The van der Waals surface area contributed by atoms with Gasteiger partial charge in [-0.25, -0.2) is 4.98 Å². The van der Waals surface area contributed by atoms with Crippen molar-refractivity contribution < 1.29 is 14.3 Å². The highest BCUT2D eigenvalue weighted by Gasteiger charge is 2.28. The third-order valence-corrected chi connectivity index (χ3v) is 6.44. The van der Waals surface area contributed by atoms with Crippen LogP contribution in [0.1, 0.15) is 63.1 Å². The van der Waals surface area contributed by atoms with Gasteiger partial charge in [0, 0.05) is 44.6 Å². The van der Waals surface area contributed by atoms with Gasteiger partial charge in [0.2, 0.25) is 5.91 Å². The topological polar surface area (TPSA) is 56.6 Å². The van der Waals surface area contributed by atoms with Crippen LogP contribution in [-0.4, -0.2) is 59.4 Å². The van der Waals surface area contributed by atoms with E-state index in [4.69, 9.17) is 9.47 Å². The van der Waals surface area contributed by atoms with E-state index in [0.29, 0.717) is 12.5 Å². The van der Waals surface area contributed by atoms with Gasteiger partial charge in [-0.15, -0.1) is 0 Å². The monoisotopic (exact) mass is 375 g/mol. The van der Waals surface area contributed by atoms with Gasteiger partial charge in [0.05, 0.1) is 12.7 Å². The lowest BCUT2D eigenvalue weighted by molar-refractivity contribution is -0.139. The van der Waals surface area contributed by atoms with Crippen molar-refractivity contribution >= 4 is 5.91 Å². The summed E-state index contributed by atoms with van der Waals surface area (Å²) in [5, 5.41) is 0. The van der Waals surface area contributed by atoms with E-state index in [1.165, 1.54) is 31.5 Å². The first-order chi connectivity index (χ1) is 13.3. The predicted molar refractivity (Wildman–Crippen MR) is 103 cm³/mol. The zero-order valence-electron chi connectivity index (χ0n) is 16.4. The summed E-state index contributed by atoms with van der Waals surface area (Å²) in [6.07, 6.45) is 13.7. The molecule has 0 aromatic carbocycles. The van der Waals surface area contributed by atoms with Gasteiger partial charge < -0.3 is 18.9 Å². The number of likely N-dealkylation sites (tertiary alicyclic amines) is 1. The number of aromatic nitrogens is 2. The molecule has 27 heavy (non-hydrogen) atoms. The Hall–Kier alpha value is -1.40. The largest absolute Gasteiger partial charge is 0.376 e. The van der Waals surface area contributed by atoms with Crippen LogP contribution in [0.2, 0.25) is 0 Å². The summed E-state index contributed by atoms with van der Waals surface area (Å²) in [6.45, 7) is 4.28. The molecular weight excluding hydrogens is 342 g/mol. The lowest BCUT2D eigenvalue weighted by Crippen LogP contribution is -2.41. The normalized spacial score (nSPS) is 24.7. The Morgan fingerprint density at radius 2 is 2.00 bits per heavy atom. The van der Waals surface area contributed by atoms with Crippen LogP contribution in [0, 0.1) is 5.92 Å². The highest BCUT2D eigenvalue weighted by molar-refractivity contribution is 5.77. The number of carbonyl (C=O) groups excluding carboxylic acids is 1. The fourth-order valence-electron chi connectivity index (χ4n) is 4.48. The van der Waals surface area contributed by atoms with E-state index >= 15 is 0 Å². The third kappa shape index (κ3) is 4.91. The molecule has 6 heteroatoms. The number of ether oxygens (including phenoxy) is 2. The van der Waals surface area contributed by atoms with Gasteiger partial charge in [0.15, 0.2) is 0 Å². The molecule has 2 aliphatic heterocycles. The number of piperidine rings is 1. The summed E-state index contributed by atoms with van der Waals surface area (Å²) in [5.41, 5.74) is 0. The van der Waals surface area contributed by atoms with Crippen LogP contribution in [0.5, 0.6) is 0 Å². The van der Waals surface area contributed by atoms with Crippen molar-refractivity contribution in [1.82, 2.24) is 14.5 Å². The van der Waals surface area contributed by atoms with Crippen LogP contribution >= 0.6 is 0 Å². The number of carbonyl (C=O) groups is 1. The van der Waals surface area contributed by atoms with Crippen molar-refractivity contribution in [2.75, 3.05) is 32.9 Å². The number of hydrogen-bond acceptors (Lipinski definition) is 4. The van der Waals surface area contributed by atoms with Crippen molar-refractivity contribution in [3.8, 4) is 0 Å². The number of imidazole rings is 1. The van der Waals surface area contributed by atoms with Gasteiger partial charge in [-0.05, 0) is 50.9 Å². The Morgan fingerprint density at radius 3 is 2.70 bits per heavy atom. The fraction of sp³-hybridized carbons (Fsp3) is 0.810. The van der Waals surface area contributed by atoms with Gasteiger partial charge in [-0.1, -0.05) is 6.42 Å². The molecule has 1 saturated carbocycles. The van der Waals surface area contributed by atoms with E-state index < -0.39 is 0 Å². The maximum absolute atomic E-state index is 12.4. The van der Waals surface area contributed by atoms with Gasteiger partial charge in [-0.2, -0.15) is 0 Å². The van der Waals surface area contributed by atoms with Gasteiger partial charge >= 0.3 is 0 Å². The van der Waals surface area contributed by atoms with Gasteiger partial charge in [-0.3, -0.25) is 4.79 Å². The molecule has 0 N–H and O–H groups in total. The molecule has 1 aromatic rings. The molecule has 2 saturated heterocycles. The number of nitrogens with zero attached hydrogens (tertiary/aromatic N) is 3. The summed E-state index contributed by atoms with van der Waals surface area (Å²) in [7, 11) is 0. The van der Waals surface area contributed by atoms with Crippen molar-refractivity contribution in [3.05, 3.63) is 18.2 Å². The Labute approximate surface area is 162 Å². The molecular formula is C21H33N3O3. The zero-order valence-corrected chi connectivity index (χ0v) is 16.4. The summed E-state index contributed by atoms with van der Waals surface area (Å²) in [4.78, 5) is 19.0. The van der Waals surface area contributed by atoms with E-state index in [0.717, 1.165) is 57.8 Å². The molecule has 1 aromatic heterocycles. The van der Waals surface area contributed by atoms with Crippen molar-refractivity contribution in [3.63, 3.8) is 0 Å². The standard InChI is InChI=1S/C21H33N3O3/c25-20(16-26-15-19-6-1-2-13-27-19)23-10-7-18(8-11-23)21-22-9-12-24(21)14-17-4-3-5-17/h9,12,17-19H,1-8,10-11,13-16H2. The summed E-state index contributed by atoms with van der Waals surface area (Å²) < 4.78 is 13.6. The maximum Gasteiger partial charge on any atom is 0.248 e. The summed E-state index contributed by atoms with van der Waals surface area (Å²) >= 11 is 0. The third-order valence-electron chi connectivity index (χ3n) is 6.44. The Morgan fingerprint density at radius 1 is 1.15 bits per heavy atom. The number of hydrogen-bond donors (Lipinski definition) is 0. The van der Waals surface area contributed by atoms with E-state index in [-0.39, 0.29) is 18.6 Å². The average molecular weight is 376 g/mol. The van der Waals surface area contributed by atoms with E-state index in [2.05, 4.69) is 15.7 Å². The van der Waals surface area contributed by atoms with E-state index in [1.807, 2.05) is 11.1 Å². The Bertz CT molecular complexity index is 600. The van der Waals surface area contributed by atoms with Crippen molar-refractivity contribution in [2.45, 2.75) is 69.9 Å². The predicted octanol–water partition coefficient (Wildman–Crippen LogP) is 2.97. The lowest BCUT2D eigenvalue weighted by Gasteiger charge is -2.33. The van der Waals surface area contributed by atoms with Crippen molar-refractivity contribution in [1.29, 1.82) is 0 Å². The Balaban J connectivity index is 1.19. The lowest BCUT2D eigenvalue weighted by atomic mass is 9.85. The maximum atomic E-state index is 12.4. The molecule has 3 aliphatic rings. The second-order valence-electron chi connectivity index (χ2n) is 8.39. The van der Waals surface area contributed by atoms with Gasteiger partial charge in [0.25, 0.3) is 0 Å². The molecule has 3 fully saturated rings. The van der Waals surface area contributed by atoms with Crippen LogP contribution in [0.4, 0.5) is 0 Å². The number of rotatable bonds is 7. The smallest absolute Gasteiger partial charge is 0.248 e. The minimum atomic E-state index is 0.113. The number of amides is 1. The van der Waals surface area contributed by atoms with Crippen LogP contribution in [0.25, 0.3) is 0 Å². The molecule has 6 nitrogen and oxygen atoms in total. The minimum absolute atomic E-state index is 0.113. The molecule has 4 rings (SSSR count). The average Bonchev–Trinajstić information content (AvgIpc) is 3.14. The second kappa shape index (κ2) is 9.20. The molecule has 1 atom stereocenters. The molecule has 1 aliphatic carbocycles. The SMILES string of the molecule is O=C(COCC1CCCCO1)N1CCC(c2nccn2CC2CCC2)CC1. The Kier molecular flexibility index (Phi) is 6.45. The first-order valence-electron chi connectivity index (χ1n) is 10.8. The van der Waals surface area contributed by atoms with Crippen LogP contribution in [0.15, 0.2) is 12.4 Å². The van der Waals surface area contributed by atoms with Crippen LogP contribution in [0.3, 0.4) is 0 Å². The van der Waals surface area contributed by atoms with E-state index in [1.54, 1.807) is 0 Å². The molecule has 150 valence electrons. The zero-order chi connectivity index (χ0) is 18.5. The van der Waals surface area contributed by atoms with Crippen LogP contribution < -0.4 is 0 Å². The first-order valence-corrected chi connectivity index (χ1v) is 10.8.